The molecule has 0 bridgehead atoms. The van der Waals surface area contributed by atoms with Gasteiger partial charge in [0.2, 0.25) is 5.43 Å². The molecule has 2 heterocycles. The van der Waals surface area contributed by atoms with Crippen molar-refractivity contribution in [3.05, 3.63) is 39.2 Å². The minimum absolute atomic E-state index is 0.0251. The van der Waals surface area contributed by atoms with Crippen LogP contribution >= 0.6 is 7.75 Å². The highest BCUT2D eigenvalue weighted by Crippen LogP contribution is 2.48. The van der Waals surface area contributed by atoms with Gasteiger partial charge < -0.3 is 24.0 Å². The van der Waals surface area contributed by atoms with Crippen LogP contribution in [0.4, 0.5) is 14.5 Å². The smallest absolute Gasteiger partial charge is 0.405 e. The van der Waals surface area contributed by atoms with E-state index in [2.05, 4.69) is 4.52 Å². The Morgan fingerprint density at radius 2 is 2.00 bits per heavy atom. The highest BCUT2D eigenvalue weighted by Gasteiger charge is 2.38. The van der Waals surface area contributed by atoms with Gasteiger partial charge in [-0.2, -0.15) is 0 Å². The Bertz CT molecular complexity index is 1170. The van der Waals surface area contributed by atoms with Gasteiger partial charge in [-0.1, -0.05) is 0 Å². The summed E-state index contributed by atoms with van der Waals surface area (Å²) in [6.07, 6.45) is 0. The van der Waals surface area contributed by atoms with Gasteiger partial charge in [0.15, 0.2) is 5.82 Å². The summed E-state index contributed by atoms with van der Waals surface area (Å²) in [5.74, 6) is -3.45. The Labute approximate surface area is 177 Å². The van der Waals surface area contributed by atoms with Crippen LogP contribution in [0.3, 0.4) is 0 Å². The number of hydrogen-bond acceptors (Lipinski definition) is 5. The Morgan fingerprint density at radius 3 is 2.52 bits per heavy atom. The lowest BCUT2D eigenvalue weighted by molar-refractivity contribution is 0.0693. The molecule has 2 aromatic rings. The lowest BCUT2D eigenvalue weighted by atomic mass is 10.0. The van der Waals surface area contributed by atoms with Crippen molar-refractivity contribution in [3.8, 4) is 0 Å². The molecule has 1 aromatic carbocycles. The van der Waals surface area contributed by atoms with Crippen LogP contribution < -0.4 is 10.3 Å². The molecule has 0 amide bonds. The molecule has 1 aromatic heterocycles. The van der Waals surface area contributed by atoms with Gasteiger partial charge in [-0.05, 0) is 26.8 Å². The van der Waals surface area contributed by atoms with Gasteiger partial charge in [-0.15, -0.1) is 0 Å². The van der Waals surface area contributed by atoms with Crippen LogP contribution in [-0.2, 0) is 15.6 Å². The fourth-order valence-electron chi connectivity index (χ4n) is 4.21. The molecule has 2 N–H and O–H groups in total. The van der Waals surface area contributed by atoms with Crippen LogP contribution in [0.2, 0.25) is 0 Å². The molecule has 1 saturated heterocycles. The van der Waals surface area contributed by atoms with Gasteiger partial charge in [-0.25, -0.2) is 22.8 Å². The molecule has 2 atom stereocenters. The van der Waals surface area contributed by atoms with E-state index in [9.17, 15) is 24.2 Å². The third-order valence-electron chi connectivity index (χ3n) is 5.68. The van der Waals surface area contributed by atoms with Crippen LogP contribution in [0.1, 0.15) is 29.9 Å². The number of anilines is 1. The minimum Gasteiger partial charge on any atom is -0.477 e. The average Bonchev–Trinajstić information content (AvgIpc) is 2.68. The molecule has 1 fully saturated rings. The van der Waals surface area contributed by atoms with Gasteiger partial charge in [0, 0.05) is 45.0 Å². The largest absolute Gasteiger partial charge is 0.477 e. The van der Waals surface area contributed by atoms with Gasteiger partial charge in [0.25, 0.3) is 0 Å². The summed E-state index contributed by atoms with van der Waals surface area (Å²) in [6, 6.07) is 0.306. The number of hydrogen-bond donors (Lipinski definition) is 2. The molecule has 2 unspecified atom stereocenters. The van der Waals surface area contributed by atoms with Crippen molar-refractivity contribution in [1.29, 1.82) is 0 Å². The summed E-state index contributed by atoms with van der Waals surface area (Å²) in [6.45, 7) is 4.97. The second-order valence-electron chi connectivity index (χ2n) is 7.39. The first-order valence-electron chi connectivity index (χ1n) is 9.65. The molecule has 12 heteroatoms. The zero-order chi connectivity index (χ0) is 23.2. The van der Waals surface area contributed by atoms with E-state index >= 15 is 8.78 Å². The zero-order valence-corrected chi connectivity index (χ0v) is 18.4. The molecule has 0 aliphatic carbocycles. The third-order valence-corrected chi connectivity index (χ3v) is 7.40. The molecule has 0 saturated carbocycles. The lowest BCUT2D eigenvalue weighted by Gasteiger charge is -2.41. The van der Waals surface area contributed by atoms with Crippen LogP contribution in [-0.4, -0.2) is 58.0 Å². The molecule has 9 nitrogen and oxygen atoms in total. The van der Waals surface area contributed by atoms with Crippen LogP contribution in [0.5, 0.6) is 0 Å². The summed E-state index contributed by atoms with van der Waals surface area (Å²) in [7, 11) is -2.90. The number of benzene rings is 1. The van der Waals surface area contributed by atoms with Crippen molar-refractivity contribution in [2.75, 3.05) is 31.6 Å². The topological polar surface area (TPSA) is 112 Å². The number of carboxylic acid groups (broad SMARTS) is 1. The Hall–Kier alpha value is -2.33. The molecular formula is C19H24F2N3O6P. The highest BCUT2D eigenvalue weighted by molar-refractivity contribution is 7.50. The minimum atomic E-state index is -4.01. The summed E-state index contributed by atoms with van der Waals surface area (Å²) < 4.78 is 50.1. The van der Waals surface area contributed by atoms with Gasteiger partial charge in [0.1, 0.15) is 17.1 Å². The van der Waals surface area contributed by atoms with Crippen LogP contribution in [0.15, 0.2) is 10.9 Å². The summed E-state index contributed by atoms with van der Waals surface area (Å²) in [4.78, 5) is 35.6. The second-order valence-corrected chi connectivity index (χ2v) is 9.25. The Kier molecular flexibility index (Phi) is 6.25. The maximum Gasteiger partial charge on any atom is 0.405 e. The van der Waals surface area contributed by atoms with Crippen molar-refractivity contribution >= 4 is 30.3 Å². The second kappa shape index (κ2) is 8.31. The number of fused-ring (bicyclic) bond motifs is 1. The first kappa shape index (κ1) is 23.3. The number of pyridine rings is 1. The average molecular weight is 459 g/mol. The van der Waals surface area contributed by atoms with Crippen LogP contribution in [0, 0.1) is 18.6 Å². The number of carbonyl (C=O) groups is 1. The quantitative estimate of drug-likeness (QED) is 0.657. The number of aromatic nitrogens is 1. The Balaban J connectivity index is 2.18. The van der Waals surface area contributed by atoms with Crippen molar-refractivity contribution in [3.63, 3.8) is 0 Å². The number of piperazine rings is 1. The van der Waals surface area contributed by atoms with E-state index in [1.807, 2.05) is 0 Å². The number of nitrogens with zero attached hydrogens (tertiary/aromatic N) is 3. The van der Waals surface area contributed by atoms with E-state index in [0.29, 0.717) is 0 Å². The summed E-state index contributed by atoms with van der Waals surface area (Å²) in [5, 5.41) is 9.04. The number of rotatable bonds is 5. The molecule has 0 radical (unpaired) electrons. The number of aryl methyl sites for hydroxylation is 1. The van der Waals surface area contributed by atoms with Crippen LogP contribution in [0.25, 0.3) is 10.9 Å². The Morgan fingerprint density at radius 1 is 1.35 bits per heavy atom. The third kappa shape index (κ3) is 3.76. The fourth-order valence-corrected chi connectivity index (χ4v) is 5.33. The summed E-state index contributed by atoms with van der Waals surface area (Å²) >= 11 is 0. The van der Waals surface area contributed by atoms with E-state index in [0.717, 1.165) is 13.2 Å². The number of carboxylic acids is 1. The van der Waals surface area contributed by atoms with E-state index in [1.165, 1.54) is 21.1 Å². The van der Waals surface area contributed by atoms with Crippen molar-refractivity contribution < 1.29 is 32.7 Å². The van der Waals surface area contributed by atoms with E-state index in [4.69, 9.17) is 0 Å². The maximum atomic E-state index is 15.6. The van der Waals surface area contributed by atoms with Crippen molar-refractivity contribution in [2.24, 2.45) is 0 Å². The predicted octanol–water partition coefficient (Wildman–Crippen LogP) is 2.56. The summed E-state index contributed by atoms with van der Waals surface area (Å²) in [5.41, 5.74) is -1.95. The molecule has 0 spiro atoms. The van der Waals surface area contributed by atoms with Gasteiger partial charge in [0.05, 0.1) is 10.9 Å². The molecular weight excluding hydrogens is 435 g/mol. The molecule has 3 rings (SSSR count). The van der Waals surface area contributed by atoms with Crippen molar-refractivity contribution in [1.82, 2.24) is 9.24 Å². The van der Waals surface area contributed by atoms with E-state index < -0.39 is 42.4 Å². The van der Waals surface area contributed by atoms with Gasteiger partial charge in [-0.3, -0.25) is 4.79 Å². The lowest BCUT2D eigenvalue weighted by Crippen LogP contribution is -2.51. The molecule has 170 valence electrons. The maximum absolute atomic E-state index is 15.6. The number of halogens is 2. The van der Waals surface area contributed by atoms with Gasteiger partial charge >= 0.3 is 13.7 Å². The van der Waals surface area contributed by atoms with E-state index in [1.54, 1.807) is 13.8 Å². The number of aromatic carboxylic acids is 1. The first-order valence-corrected chi connectivity index (χ1v) is 11.2. The predicted molar refractivity (Wildman–Crippen MR) is 111 cm³/mol. The molecule has 1 aliphatic rings. The molecule has 31 heavy (non-hydrogen) atoms. The fraction of sp³-hybridized carbons (Fsp3) is 0.474. The highest BCUT2D eigenvalue weighted by atomic mass is 31.2. The standard InChI is InChI=1S/C19H24F2N3O6P/c1-5-23-11(3)14(19(26)27)18(25)12-8-13(20)17(15(21)16(12)23)22-6-7-24(10(2)9-22)31(28,29)30-4/h8,10H,5-7,9H2,1-4H3,(H,26,27)(H,28,29). The van der Waals surface area contributed by atoms with Crippen molar-refractivity contribution in [2.45, 2.75) is 33.4 Å². The SMILES string of the molecule is CCn1c(C)c(C(=O)O)c(=O)c2cc(F)c(N3CCN(P(=O)(O)OC)C(C)C3)c(F)c21. The molecule has 1 aliphatic heterocycles. The zero-order valence-electron chi connectivity index (χ0n) is 17.6. The van der Waals surface area contributed by atoms with E-state index in [-0.39, 0.29) is 48.5 Å². The first-order chi connectivity index (χ1) is 14.5. The normalized spacial score (nSPS) is 19.6. The monoisotopic (exact) mass is 459 g/mol.